The van der Waals surface area contributed by atoms with Crippen LogP contribution in [0, 0.1) is 15.9 Å². The highest BCUT2D eigenvalue weighted by Gasteiger charge is 2.22. The molecule has 0 bridgehead atoms. The Morgan fingerprint density at radius 1 is 1.50 bits per heavy atom. The number of hydrogen-bond donors (Lipinski definition) is 0. The zero-order chi connectivity index (χ0) is 12.3. The molecule has 6 heteroatoms. The fourth-order valence-electron chi connectivity index (χ4n) is 1.11. The van der Waals surface area contributed by atoms with Gasteiger partial charge in [0.2, 0.25) is 0 Å². The summed E-state index contributed by atoms with van der Waals surface area (Å²) >= 11 is 0. The summed E-state index contributed by atoms with van der Waals surface area (Å²) in [4.78, 5) is 21.2. The molecular weight excluding hydrogens is 217 g/mol. The van der Waals surface area contributed by atoms with Gasteiger partial charge in [-0.3, -0.25) is 10.1 Å². The minimum Gasteiger partial charge on any atom is -0.459 e. The minimum absolute atomic E-state index is 0.250. The molecule has 0 aliphatic heterocycles. The van der Waals surface area contributed by atoms with Gasteiger partial charge < -0.3 is 4.74 Å². The number of ether oxygens (including phenoxy) is 1. The first-order chi connectivity index (χ1) is 7.41. The molecule has 0 aliphatic rings. The van der Waals surface area contributed by atoms with Crippen LogP contribution in [0.5, 0.6) is 0 Å². The number of benzene rings is 1. The molecule has 0 amide bonds. The highest BCUT2D eigenvalue weighted by atomic mass is 19.1. The Kier molecular flexibility index (Phi) is 3.55. The second-order valence-electron chi connectivity index (χ2n) is 3.37. The molecule has 0 aliphatic carbocycles. The van der Waals surface area contributed by atoms with E-state index in [0.29, 0.717) is 6.07 Å². The number of halogens is 1. The second kappa shape index (κ2) is 4.69. The van der Waals surface area contributed by atoms with Gasteiger partial charge in [0.25, 0.3) is 5.69 Å². The zero-order valence-corrected chi connectivity index (χ0v) is 8.77. The summed E-state index contributed by atoms with van der Waals surface area (Å²) < 4.78 is 17.6. The molecule has 0 atom stereocenters. The second-order valence-corrected chi connectivity index (χ2v) is 3.37. The lowest BCUT2D eigenvalue weighted by Gasteiger charge is -2.07. The van der Waals surface area contributed by atoms with Gasteiger partial charge in [0.05, 0.1) is 17.1 Å². The number of rotatable bonds is 3. The van der Waals surface area contributed by atoms with Crippen LogP contribution in [0.25, 0.3) is 0 Å². The maximum absolute atomic E-state index is 12.8. The van der Waals surface area contributed by atoms with Crippen molar-refractivity contribution in [2.45, 2.75) is 20.0 Å². The van der Waals surface area contributed by atoms with Crippen LogP contribution in [0.3, 0.4) is 0 Å². The van der Waals surface area contributed by atoms with Crippen LogP contribution in [-0.4, -0.2) is 17.0 Å². The van der Waals surface area contributed by atoms with Gasteiger partial charge in [0.1, 0.15) is 11.4 Å². The van der Waals surface area contributed by atoms with Crippen LogP contribution in [-0.2, 0) is 4.74 Å². The summed E-state index contributed by atoms with van der Waals surface area (Å²) in [6.07, 6.45) is -0.392. The van der Waals surface area contributed by atoms with E-state index >= 15 is 0 Å². The molecule has 86 valence electrons. The number of hydrogen-bond acceptors (Lipinski definition) is 4. The maximum atomic E-state index is 12.8. The van der Waals surface area contributed by atoms with Gasteiger partial charge in [-0.05, 0) is 26.0 Å². The van der Waals surface area contributed by atoms with E-state index in [2.05, 4.69) is 0 Å². The predicted molar refractivity (Wildman–Crippen MR) is 53.6 cm³/mol. The van der Waals surface area contributed by atoms with Crippen molar-refractivity contribution in [3.63, 3.8) is 0 Å². The Morgan fingerprint density at radius 3 is 2.62 bits per heavy atom. The number of carbonyl (C=O) groups excluding carboxylic acids is 1. The van der Waals surface area contributed by atoms with E-state index in [1.54, 1.807) is 13.8 Å². The molecule has 1 aromatic rings. The van der Waals surface area contributed by atoms with Gasteiger partial charge >= 0.3 is 5.97 Å². The number of nitro groups is 1. The van der Waals surface area contributed by atoms with Crippen molar-refractivity contribution in [3.05, 3.63) is 39.7 Å². The highest BCUT2D eigenvalue weighted by molar-refractivity contribution is 5.93. The molecule has 0 fully saturated rings. The molecule has 0 unspecified atom stereocenters. The predicted octanol–water partition coefficient (Wildman–Crippen LogP) is 2.30. The fourth-order valence-corrected chi connectivity index (χ4v) is 1.11. The van der Waals surface area contributed by atoms with E-state index in [1.165, 1.54) is 0 Å². The summed E-state index contributed by atoms with van der Waals surface area (Å²) in [5.74, 6) is -1.60. The Bertz CT molecular complexity index is 431. The SMILES string of the molecule is CC(C)OC(=O)c1ccc(F)cc1[N+](=O)[O-]. The minimum atomic E-state index is -0.832. The Balaban J connectivity index is 3.12. The molecular formula is C10H10FNO4. The van der Waals surface area contributed by atoms with E-state index < -0.39 is 28.5 Å². The van der Waals surface area contributed by atoms with E-state index in [4.69, 9.17) is 4.74 Å². The van der Waals surface area contributed by atoms with E-state index in [9.17, 15) is 19.3 Å². The van der Waals surface area contributed by atoms with Gasteiger partial charge in [0.15, 0.2) is 0 Å². The van der Waals surface area contributed by atoms with Crippen molar-refractivity contribution in [1.82, 2.24) is 0 Å². The quantitative estimate of drug-likeness (QED) is 0.451. The summed E-state index contributed by atoms with van der Waals surface area (Å²) in [6, 6.07) is 2.71. The van der Waals surface area contributed by atoms with Gasteiger partial charge in [0, 0.05) is 0 Å². The topological polar surface area (TPSA) is 69.4 Å². The molecule has 0 saturated heterocycles. The fraction of sp³-hybridized carbons (Fsp3) is 0.300. The molecule has 0 heterocycles. The van der Waals surface area contributed by atoms with Gasteiger partial charge in [-0.1, -0.05) is 0 Å². The van der Waals surface area contributed by atoms with E-state index in [0.717, 1.165) is 12.1 Å². The Labute approximate surface area is 91.0 Å². The van der Waals surface area contributed by atoms with Crippen LogP contribution in [0.1, 0.15) is 24.2 Å². The standard InChI is InChI=1S/C10H10FNO4/c1-6(2)16-10(13)8-4-3-7(11)5-9(8)12(14)15/h3-6H,1-2H3. The number of nitro benzene ring substituents is 1. The summed E-state index contributed by atoms with van der Waals surface area (Å²) in [6.45, 7) is 3.24. The molecule has 1 aromatic carbocycles. The maximum Gasteiger partial charge on any atom is 0.345 e. The van der Waals surface area contributed by atoms with Gasteiger partial charge in [-0.15, -0.1) is 0 Å². The molecule has 0 aromatic heterocycles. The molecule has 5 nitrogen and oxygen atoms in total. The Morgan fingerprint density at radius 2 is 2.12 bits per heavy atom. The molecule has 1 rings (SSSR count). The third-order valence-corrected chi connectivity index (χ3v) is 1.72. The molecule has 0 spiro atoms. The molecule has 16 heavy (non-hydrogen) atoms. The van der Waals surface area contributed by atoms with E-state index in [1.807, 2.05) is 0 Å². The van der Waals surface area contributed by atoms with Crippen LogP contribution in [0.4, 0.5) is 10.1 Å². The lowest BCUT2D eigenvalue weighted by atomic mass is 10.2. The molecule has 0 saturated carbocycles. The summed E-state index contributed by atoms with van der Waals surface area (Å²) in [5, 5.41) is 10.6. The van der Waals surface area contributed by atoms with Gasteiger partial charge in [-0.2, -0.15) is 0 Å². The average molecular weight is 227 g/mol. The largest absolute Gasteiger partial charge is 0.459 e. The molecule has 0 radical (unpaired) electrons. The zero-order valence-electron chi connectivity index (χ0n) is 8.77. The van der Waals surface area contributed by atoms with Crippen molar-refractivity contribution in [2.24, 2.45) is 0 Å². The first kappa shape index (κ1) is 12.1. The van der Waals surface area contributed by atoms with Crippen LogP contribution in [0.15, 0.2) is 18.2 Å². The third kappa shape index (κ3) is 2.75. The van der Waals surface area contributed by atoms with Crippen molar-refractivity contribution in [3.8, 4) is 0 Å². The van der Waals surface area contributed by atoms with Crippen molar-refractivity contribution in [1.29, 1.82) is 0 Å². The average Bonchev–Trinajstić information content (AvgIpc) is 2.16. The van der Waals surface area contributed by atoms with E-state index in [-0.39, 0.29) is 5.56 Å². The van der Waals surface area contributed by atoms with Crippen molar-refractivity contribution in [2.75, 3.05) is 0 Å². The highest BCUT2D eigenvalue weighted by Crippen LogP contribution is 2.20. The summed E-state index contributed by atoms with van der Waals surface area (Å²) in [7, 11) is 0. The lowest BCUT2D eigenvalue weighted by Crippen LogP contribution is -2.13. The normalized spacial score (nSPS) is 10.2. The third-order valence-electron chi connectivity index (χ3n) is 1.72. The number of carbonyl (C=O) groups is 1. The smallest absolute Gasteiger partial charge is 0.345 e. The molecule has 0 N–H and O–H groups in total. The van der Waals surface area contributed by atoms with Crippen LogP contribution in [0.2, 0.25) is 0 Å². The van der Waals surface area contributed by atoms with Crippen LogP contribution < -0.4 is 0 Å². The monoisotopic (exact) mass is 227 g/mol. The summed E-state index contributed by atoms with van der Waals surface area (Å²) in [5.41, 5.74) is -0.842. The Hall–Kier alpha value is -1.98. The van der Waals surface area contributed by atoms with Crippen LogP contribution >= 0.6 is 0 Å². The first-order valence-electron chi connectivity index (χ1n) is 4.56. The number of nitrogens with zero attached hydrogens (tertiary/aromatic N) is 1. The van der Waals surface area contributed by atoms with Gasteiger partial charge in [-0.25, -0.2) is 9.18 Å². The number of esters is 1. The first-order valence-corrected chi connectivity index (χ1v) is 4.56. The van der Waals surface area contributed by atoms with Crippen molar-refractivity contribution >= 4 is 11.7 Å². The lowest BCUT2D eigenvalue weighted by molar-refractivity contribution is -0.385. The van der Waals surface area contributed by atoms with Crippen molar-refractivity contribution < 1.29 is 18.8 Å².